The molecule has 0 unspecified atom stereocenters. The standard InChI is InChI=1S/C25H29N3O2/c1-6-20-22-9-7-8-18-16-21(25(29)27(4)15-14-26(2)3)24(28(18)22)23(20)17-10-12-19(30-5)13-11-17/h7-13,16H,6,14-15H2,1-5H3. The summed E-state index contributed by atoms with van der Waals surface area (Å²) >= 11 is 0. The monoisotopic (exact) mass is 403 g/mol. The molecule has 0 aliphatic carbocycles. The number of carbonyl (C=O) groups excluding carboxylic acids is 1. The number of aromatic nitrogens is 1. The summed E-state index contributed by atoms with van der Waals surface area (Å²) in [5.74, 6) is 0.887. The van der Waals surface area contributed by atoms with Crippen molar-refractivity contribution in [1.29, 1.82) is 0 Å². The molecule has 0 atom stereocenters. The molecule has 4 aromatic rings. The number of rotatable bonds is 7. The molecule has 3 heterocycles. The van der Waals surface area contributed by atoms with Gasteiger partial charge in [-0.3, -0.25) is 4.79 Å². The number of aryl methyl sites for hydroxylation is 1. The zero-order chi connectivity index (χ0) is 21.4. The minimum Gasteiger partial charge on any atom is -0.497 e. The molecule has 0 radical (unpaired) electrons. The Kier molecular flexibility index (Phi) is 5.39. The van der Waals surface area contributed by atoms with Crippen molar-refractivity contribution in [2.75, 3.05) is 41.3 Å². The van der Waals surface area contributed by atoms with E-state index in [1.807, 2.05) is 44.2 Å². The van der Waals surface area contributed by atoms with Crippen molar-refractivity contribution in [2.24, 2.45) is 0 Å². The van der Waals surface area contributed by atoms with E-state index >= 15 is 0 Å². The lowest BCUT2D eigenvalue weighted by atomic mass is 9.98. The lowest BCUT2D eigenvalue weighted by Gasteiger charge is -2.19. The molecular weight excluding hydrogens is 374 g/mol. The molecular formula is C25H29N3O2. The number of benzene rings is 1. The van der Waals surface area contributed by atoms with Gasteiger partial charge in [0.05, 0.1) is 23.7 Å². The van der Waals surface area contributed by atoms with Crippen LogP contribution in [0.15, 0.2) is 48.5 Å². The highest BCUT2D eigenvalue weighted by atomic mass is 16.5. The molecule has 5 heteroatoms. The van der Waals surface area contributed by atoms with E-state index in [-0.39, 0.29) is 5.91 Å². The van der Waals surface area contributed by atoms with Crippen LogP contribution in [0.3, 0.4) is 0 Å². The highest BCUT2D eigenvalue weighted by Gasteiger charge is 2.25. The minimum atomic E-state index is 0.0601. The van der Waals surface area contributed by atoms with Gasteiger partial charge in [0, 0.05) is 31.2 Å². The van der Waals surface area contributed by atoms with Crippen molar-refractivity contribution in [2.45, 2.75) is 13.3 Å². The van der Waals surface area contributed by atoms with Crippen LogP contribution in [0, 0.1) is 0 Å². The summed E-state index contributed by atoms with van der Waals surface area (Å²) in [5.41, 5.74) is 7.51. The molecule has 0 fully saturated rings. The Labute approximate surface area is 177 Å². The van der Waals surface area contributed by atoms with Gasteiger partial charge in [-0.2, -0.15) is 0 Å². The second kappa shape index (κ2) is 8.00. The first-order valence-electron chi connectivity index (χ1n) is 10.4. The molecule has 156 valence electrons. The maximum absolute atomic E-state index is 13.5. The van der Waals surface area contributed by atoms with Crippen LogP contribution < -0.4 is 4.74 Å². The highest BCUT2D eigenvalue weighted by molar-refractivity contribution is 6.10. The predicted molar refractivity (Wildman–Crippen MR) is 123 cm³/mol. The van der Waals surface area contributed by atoms with Crippen LogP contribution in [-0.2, 0) is 6.42 Å². The molecule has 3 aromatic heterocycles. The average Bonchev–Trinajstić information content (AvgIpc) is 3.30. The van der Waals surface area contributed by atoms with Gasteiger partial charge in [0.15, 0.2) is 0 Å². The van der Waals surface area contributed by atoms with E-state index in [4.69, 9.17) is 4.74 Å². The number of hydrogen-bond donors (Lipinski definition) is 0. The number of pyridine rings is 1. The molecule has 1 aromatic carbocycles. The number of amides is 1. The molecule has 30 heavy (non-hydrogen) atoms. The fourth-order valence-electron chi connectivity index (χ4n) is 4.22. The Balaban J connectivity index is 1.93. The molecule has 1 amide bonds. The van der Waals surface area contributed by atoms with E-state index in [2.05, 4.69) is 46.6 Å². The lowest BCUT2D eigenvalue weighted by molar-refractivity contribution is 0.0788. The average molecular weight is 404 g/mol. The van der Waals surface area contributed by atoms with Crippen LogP contribution in [0.2, 0.25) is 0 Å². The minimum absolute atomic E-state index is 0.0601. The molecule has 0 aliphatic heterocycles. The van der Waals surface area contributed by atoms with Crippen molar-refractivity contribution in [3.8, 4) is 16.9 Å². The van der Waals surface area contributed by atoms with Gasteiger partial charge in [-0.25, -0.2) is 0 Å². The first-order chi connectivity index (χ1) is 14.5. The zero-order valence-electron chi connectivity index (χ0n) is 18.4. The number of ether oxygens (including phenoxy) is 1. The molecule has 5 nitrogen and oxygen atoms in total. The van der Waals surface area contributed by atoms with Crippen LogP contribution in [0.25, 0.3) is 27.7 Å². The molecule has 4 rings (SSSR count). The van der Waals surface area contributed by atoms with Gasteiger partial charge in [-0.15, -0.1) is 0 Å². The Morgan fingerprint density at radius 2 is 1.77 bits per heavy atom. The van der Waals surface area contributed by atoms with E-state index < -0.39 is 0 Å². The number of nitrogens with zero attached hydrogens (tertiary/aromatic N) is 3. The van der Waals surface area contributed by atoms with Crippen molar-refractivity contribution in [3.05, 3.63) is 59.7 Å². The largest absolute Gasteiger partial charge is 0.497 e. The van der Waals surface area contributed by atoms with E-state index in [0.717, 1.165) is 46.4 Å². The normalized spacial score (nSPS) is 11.7. The third-order valence-corrected chi connectivity index (χ3v) is 5.83. The van der Waals surface area contributed by atoms with Crippen LogP contribution in [0.5, 0.6) is 5.75 Å². The third kappa shape index (κ3) is 3.29. The van der Waals surface area contributed by atoms with Crippen LogP contribution >= 0.6 is 0 Å². The molecule has 0 bridgehead atoms. The zero-order valence-corrected chi connectivity index (χ0v) is 18.4. The first kappa shape index (κ1) is 20.2. The van der Waals surface area contributed by atoms with Crippen molar-refractivity contribution >= 4 is 22.5 Å². The number of hydrogen-bond acceptors (Lipinski definition) is 3. The summed E-state index contributed by atoms with van der Waals surface area (Å²) in [6, 6.07) is 16.5. The number of likely N-dealkylation sites (N-methyl/N-ethyl adjacent to an activating group) is 2. The van der Waals surface area contributed by atoms with Crippen LogP contribution in [-0.4, -0.2) is 61.5 Å². The second-order valence-electron chi connectivity index (χ2n) is 8.04. The molecule has 0 saturated carbocycles. The summed E-state index contributed by atoms with van der Waals surface area (Å²) in [5, 5.41) is 0. The SMILES string of the molecule is CCc1c(-c2ccc(OC)cc2)c2c(C(=O)N(C)CCN(C)C)cc3cccc1n32. The number of methoxy groups -OCH3 is 1. The van der Waals surface area contributed by atoms with Gasteiger partial charge in [0.25, 0.3) is 5.91 Å². The third-order valence-electron chi connectivity index (χ3n) is 5.83. The molecule has 0 N–H and O–H groups in total. The Morgan fingerprint density at radius 3 is 2.40 bits per heavy atom. The summed E-state index contributed by atoms with van der Waals surface area (Å²) in [7, 11) is 7.60. The fourth-order valence-corrected chi connectivity index (χ4v) is 4.22. The van der Waals surface area contributed by atoms with E-state index in [9.17, 15) is 4.79 Å². The van der Waals surface area contributed by atoms with E-state index in [1.54, 1.807) is 7.11 Å². The maximum Gasteiger partial charge on any atom is 0.255 e. The lowest BCUT2D eigenvalue weighted by Crippen LogP contribution is -2.33. The summed E-state index contributed by atoms with van der Waals surface area (Å²) in [6.45, 7) is 3.69. The molecule has 0 aliphatic rings. The Bertz CT molecular complexity index is 1170. The van der Waals surface area contributed by atoms with Gasteiger partial charge in [0.1, 0.15) is 5.75 Å². The van der Waals surface area contributed by atoms with Gasteiger partial charge in [0.2, 0.25) is 0 Å². The maximum atomic E-state index is 13.5. The predicted octanol–water partition coefficient (Wildman–Crippen LogP) is 4.40. The second-order valence-corrected chi connectivity index (χ2v) is 8.04. The Hall–Kier alpha value is -3.05. The smallest absolute Gasteiger partial charge is 0.255 e. The highest BCUT2D eigenvalue weighted by Crippen LogP contribution is 2.40. The van der Waals surface area contributed by atoms with E-state index in [1.165, 1.54) is 11.1 Å². The summed E-state index contributed by atoms with van der Waals surface area (Å²) in [6.07, 6.45) is 0.895. The first-order valence-corrected chi connectivity index (χ1v) is 10.4. The topological polar surface area (TPSA) is 37.2 Å². The van der Waals surface area contributed by atoms with Crippen LogP contribution in [0.4, 0.5) is 0 Å². The number of carbonyl (C=O) groups is 1. The quantitative estimate of drug-likeness (QED) is 0.459. The molecule has 0 spiro atoms. The molecule has 0 saturated heterocycles. The van der Waals surface area contributed by atoms with E-state index in [0.29, 0.717) is 6.54 Å². The van der Waals surface area contributed by atoms with Crippen molar-refractivity contribution < 1.29 is 9.53 Å². The van der Waals surface area contributed by atoms with Crippen LogP contribution in [0.1, 0.15) is 22.8 Å². The Morgan fingerprint density at radius 1 is 1.03 bits per heavy atom. The fraction of sp³-hybridized carbons (Fsp3) is 0.320. The van der Waals surface area contributed by atoms with Gasteiger partial charge in [-0.1, -0.05) is 25.1 Å². The van der Waals surface area contributed by atoms with Gasteiger partial charge >= 0.3 is 0 Å². The van der Waals surface area contributed by atoms with Crippen molar-refractivity contribution in [3.63, 3.8) is 0 Å². The van der Waals surface area contributed by atoms with Gasteiger partial charge < -0.3 is 18.9 Å². The van der Waals surface area contributed by atoms with Gasteiger partial charge in [-0.05, 0) is 62.0 Å². The van der Waals surface area contributed by atoms with Crippen molar-refractivity contribution in [1.82, 2.24) is 14.2 Å². The summed E-state index contributed by atoms with van der Waals surface area (Å²) in [4.78, 5) is 17.4. The summed E-state index contributed by atoms with van der Waals surface area (Å²) < 4.78 is 7.58.